The first-order chi connectivity index (χ1) is 18.3. The van der Waals surface area contributed by atoms with Crippen molar-refractivity contribution >= 4 is 17.2 Å². The number of pyridine rings is 2. The molecule has 1 aliphatic heterocycles. The zero-order chi connectivity index (χ0) is 28.2. The normalized spacial score (nSPS) is 21.2. The van der Waals surface area contributed by atoms with Crippen molar-refractivity contribution in [2.75, 3.05) is 20.8 Å². The molecule has 3 unspecified atom stereocenters. The van der Waals surface area contributed by atoms with Crippen LogP contribution in [0.3, 0.4) is 0 Å². The molecule has 38 heavy (non-hydrogen) atoms. The molecule has 8 heteroatoms. The number of nitrogens with two attached hydrogens (primary N) is 1. The number of aldehydes is 1. The van der Waals surface area contributed by atoms with Crippen molar-refractivity contribution in [2.24, 2.45) is 23.5 Å². The second-order valence-electron chi connectivity index (χ2n) is 10.2. The smallest absolute Gasteiger partial charge is 0.240 e. The Morgan fingerprint density at radius 3 is 2.42 bits per heavy atom. The van der Waals surface area contributed by atoms with Crippen LogP contribution in [-0.2, 0) is 6.42 Å². The van der Waals surface area contributed by atoms with E-state index in [1.165, 1.54) is 46.3 Å². The van der Waals surface area contributed by atoms with E-state index in [1.54, 1.807) is 12.3 Å². The Bertz CT molecular complexity index is 1040. The van der Waals surface area contributed by atoms with Gasteiger partial charge in [0.1, 0.15) is 18.3 Å². The monoisotopic (exact) mass is 530 g/mol. The number of carbonyl (C=O) groups excluding carboxylic acids is 1. The number of fused-ring (bicyclic) bond motifs is 1. The molecular weight excluding hydrogens is 483 g/mol. The van der Waals surface area contributed by atoms with E-state index in [-0.39, 0.29) is 24.4 Å². The van der Waals surface area contributed by atoms with Gasteiger partial charge in [0, 0.05) is 23.2 Å². The number of halogens is 1. The standard InChI is InChI=1S/C20H24FN3O3.C9H18.CH5N/c1-5-12-8-22-20(18-15(12)7-13(9-25)19(24-18)26-4)27-10-16-14(6-2)17(21)11(3)23-16;1-8(2)9-6-4-3-5-7-9;1-2/h7-9,14,16-17,23H,3,5-6,10H2,1-2,4H3;8-9H,3-7H2,1-2H3;2H2,1H3. The lowest BCUT2D eigenvalue weighted by Crippen LogP contribution is -2.33. The van der Waals surface area contributed by atoms with Crippen molar-refractivity contribution in [1.29, 1.82) is 0 Å². The van der Waals surface area contributed by atoms with E-state index in [0.717, 1.165) is 29.2 Å². The summed E-state index contributed by atoms with van der Waals surface area (Å²) in [7, 11) is 2.96. The molecule has 2 aromatic heterocycles. The second-order valence-corrected chi connectivity index (χ2v) is 10.2. The van der Waals surface area contributed by atoms with Gasteiger partial charge in [0.25, 0.3) is 0 Å². The molecule has 0 aromatic carbocycles. The average Bonchev–Trinajstić information content (AvgIpc) is 3.24. The van der Waals surface area contributed by atoms with Crippen LogP contribution in [0.2, 0.25) is 0 Å². The Balaban J connectivity index is 0.000000387. The predicted molar refractivity (Wildman–Crippen MR) is 153 cm³/mol. The van der Waals surface area contributed by atoms with Gasteiger partial charge in [-0.1, -0.05) is 66.4 Å². The Hall–Kier alpha value is -2.74. The zero-order valence-electron chi connectivity index (χ0n) is 24.1. The number of alkyl halides is 1. The minimum Gasteiger partial charge on any atom is -0.480 e. The van der Waals surface area contributed by atoms with Crippen LogP contribution in [-0.4, -0.2) is 49.2 Å². The molecule has 2 fully saturated rings. The van der Waals surface area contributed by atoms with Crippen LogP contribution in [0, 0.1) is 17.8 Å². The summed E-state index contributed by atoms with van der Waals surface area (Å²) in [5, 5.41) is 3.87. The number of aromatic nitrogens is 2. The molecular formula is C30H47FN4O3. The van der Waals surface area contributed by atoms with E-state index in [9.17, 15) is 9.18 Å². The van der Waals surface area contributed by atoms with E-state index in [1.807, 2.05) is 13.8 Å². The number of methoxy groups -OCH3 is 1. The van der Waals surface area contributed by atoms with Crippen molar-refractivity contribution in [2.45, 2.75) is 84.9 Å². The van der Waals surface area contributed by atoms with E-state index < -0.39 is 6.17 Å². The average molecular weight is 531 g/mol. The van der Waals surface area contributed by atoms with Gasteiger partial charge in [-0.15, -0.1) is 0 Å². The first-order valence-corrected chi connectivity index (χ1v) is 14.0. The third kappa shape index (κ3) is 7.65. The quantitative estimate of drug-likeness (QED) is 0.401. The fraction of sp³-hybridized carbons (Fsp3) is 0.633. The Labute approximate surface area is 227 Å². The number of nitrogens with one attached hydrogen (secondary N) is 1. The van der Waals surface area contributed by atoms with Crippen LogP contribution in [0.1, 0.15) is 82.1 Å². The van der Waals surface area contributed by atoms with E-state index >= 15 is 0 Å². The highest BCUT2D eigenvalue weighted by atomic mass is 19.1. The third-order valence-electron chi connectivity index (χ3n) is 7.66. The molecule has 1 aliphatic carbocycles. The Morgan fingerprint density at radius 2 is 1.89 bits per heavy atom. The molecule has 0 spiro atoms. The molecule has 2 aromatic rings. The largest absolute Gasteiger partial charge is 0.480 e. The lowest BCUT2D eigenvalue weighted by atomic mass is 9.82. The zero-order valence-corrected chi connectivity index (χ0v) is 24.1. The molecule has 212 valence electrons. The maximum absolute atomic E-state index is 14.2. The number of nitrogens with zero attached hydrogens (tertiary/aromatic N) is 2. The fourth-order valence-electron chi connectivity index (χ4n) is 5.34. The number of carbonyl (C=O) groups is 1. The van der Waals surface area contributed by atoms with Crippen LogP contribution >= 0.6 is 0 Å². The Morgan fingerprint density at radius 1 is 1.21 bits per heavy atom. The number of rotatable bonds is 8. The lowest BCUT2D eigenvalue weighted by Gasteiger charge is -2.24. The van der Waals surface area contributed by atoms with Gasteiger partial charge in [-0.2, -0.15) is 0 Å². The summed E-state index contributed by atoms with van der Waals surface area (Å²) >= 11 is 0. The molecule has 3 heterocycles. The molecule has 4 rings (SSSR count). The molecule has 0 radical (unpaired) electrons. The second kappa shape index (κ2) is 15.6. The maximum Gasteiger partial charge on any atom is 0.240 e. The minimum atomic E-state index is -1.08. The molecule has 3 atom stereocenters. The van der Waals surface area contributed by atoms with E-state index in [2.05, 4.69) is 41.4 Å². The van der Waals surface area contributed by atoms with Gasteiger partial charge in [-0.25, -0.2) is 14.4 Å². The summed E-state index contributed by atoms with van der Waals surface area (Å²) in [4.78, 5) is 20.1. The van der Waals surface area contributed by atoms with Gasteiger partial charge in [0.05, 0.1) is 18.7 Å². The number of ether oxygens (including phenoxy) is 2. The highest BCUT2D eigenvalue weighted by molar-refractivity contribution is 5.92. The van der Waals surface area contributed by atoms with Crippen molar-refractivity contribution in [1.82, 2.24) is 15.3 Å². The Kier molecular flexibility index (Phi) is 12.9. The summed E-state index contributed by atoms with van der Waals surface area (Å²) in [6.07, 6.45) is 10.2. The first kappa shape index (κ1) is 31.5. The lowest BCUT2D eigenvalue weighted by molar-refractivity contribution is 0.112. The number of hydrogen-bond donors (Lipinski definition) is 2. The highest BCUT2D eigenvalue weighted by Gasteiger charge is 2.38. The number of allylic oxidation sites excluding steroid dienone is 1. The predicted octanol–water partition coefficient (Wildman–Crippen LogP) is 6.04. The van der Waals surface area contributed by atoms with Crippen molar-refractivity contribution in [3.63, 3.8) is 0 Å². The number of aryl methyl sites for hydroxylation is 1. The number of hydrogen-bond acceptors (Lipinski definition) is 7. The van der Waals surface area contributed by atoms with Gasteiger partial charge < -0.3 is 20.5 Å². The van der Waals surface area contributed by atoms with E-state index in [0.29, 0.717) is 35.4 Å². The molecule has 7 nitrogen and oxygen atoms in total. The van der Waals surface area contributed by atoms with Crippen molar-refractivity contribution in [3.05, 3.63) is 35.7 Å². The topological polar surface area (TPSA) is 99.4 Å². The summed E-state index contributed by atoms with van der Waals surface area (Å²) in [6, 6.07) is 1.56. The van der Waals surface area contributed by atoms with Gasteiger partial charge in [0.2, 0.25) is 11.8 Å². The first-order valence-electron chi connectivity index (χ1n) is 14.0. The fourth-order valence-corrected chi connectivity index (χ4v) is 5.34. The summed E-state index contributed by atoms with van der Waals surface area (Å²) in [5.41, 5.74) is 6.75. The molecule has 0 bridgehead atoms. The SMILES string of the molecule is C=C1NC(COc2ncc(CC)c3cc(C=O)c(OC)nc23)C(CC)C1F.CC(C)C1CCCCC1.CN. The van der Waals surface area contributed by atoms with Gasteiger partial charge in [0.15, 0.2) is 6.29 Å². The highest BCUT2D eigenvalue weighted by Crippen LogP contribution is 2.32. The van der Waals surface area contributed by atoms with Crippen molar-refractivity contribution < 1.29 is 18.7 Å². The van der Waals surface area contributed by atoms with E-state index in [4.69, 9.17) is 9.47 Å². The van der Waals surface area contributed by atoms with Crippen molar-refractivity contribution in [3.8, 4) is 11.8 Å². The minimum absolute atomic E-state index is 0.184. The van der Waals surface area contributed by atoms with Crippen LogP contribution < -0.4 is 20.5 Å². The molecule has 3 N–H and O–H groups in total. The van der Waals surface area contributed by atoms with Gasteiger partial charge in [-0.3, -0.25) is 4.79 Å². The van der Waals surface area contributed by atoms with Crippen LogP contribution in [0.4, 0.5) is 4.39 Å². The van der Waals surface area contributed by atoms with Gasteiger partial charge >= 0.3 is 0 Å². The molecule has 0 amide bonds. The summed E-state index contributed by atoms with van der Waals surface area (Å²) in [6.45, 7) is 12.6. The van der Waals surface area contributed by atoms with Crippen LogP contribution in [0.25, 0.3) is 10.9 Å². The third-order valence-corrected chi connectivity index (χ3v) is 7.66. The molecule has 1 saturated carbocycles. The van der Waals surface area contributed by atoms with Gasteiger partial charge in [-0.05, 0) is 43.4 Å². The summed E-state index contributed by atoms with van der Waals surface area (Å²) in [5.74, 6) is 2.36. The molecule has 2 aliphatic rings. The maximum atomic E-state index is 14.2. The molecule has 1 saturated heterocycles. The van der Waals surface area contributed by atoms with Crippen LogP contribution in [0.5, 0.6) is 11.8 Å². The summed E-state index contributed by atoms with van der Waals surface area (Å²) < 4.78 is 25.3. The van der Waals surface area contributed by atoms with Crippen LogP contribution in [0.15, 0.2) is 24.5 Å².